The van der Waals surface area contributed by atoms with Crippen LogP contribution < -0.4 is 10.6 Å². The highest BCUT2D eigenvalue weighted by Crippen LogP contribution is 2.08. The van der Waals surface area contributed by atoms with Crippen molar-refractivity contribution in [1.82, 2.24) is 15.5 Å². The molecule has 0 aromatic carbocycles. The highest BCUT2D eigenvalue weighted by Gasteiger charge is 2.21. The Morgan fingerprint density at radius 2 is 2.00 bits per heavy atom. The van der Waals surface area contributed by atoms with Crippen LogP contribution in [-0.4, -0.2) is 50.2 Å². The van der Waals surface area contributed by atoms with E-state index in [1.165, 1.54) is 52.1 Å². The van der Waals surface area contributed by atoms with Gasteiger partial charge in [0.25, 0.3) is 0 Å². The van der Waals surface area contributed by atoms with Gasteiger partial charge >= 0.3 is 0 Å². The van der Waals surface area contributed by atoms with E-state index >= 15 is 0 Å². The lowest BCUT2D eigenvalue weighted by atomic mass is 10.2. The molecule has 0 radical (unpaired) electrons. The van der Waals surface area contributed by atoms with Gasteiger partial charge in [-0.25, -0.2) is 0 Å². The first-order valence-corrected chi connectivity index (χ1v) is 5.12. The molecule has 2 rings (SSSR count). The van der Waals surface area contributed by atoms with E-state index in [4.69, 9.17) is 0 Å². The molecule has 3 nitrogen and oxygen atoms in total. The standard InChI is InChI=1S/C9H19N3/c1-3-11-8-9-2-4-10-5-7-12(9)6-1/h9-11H,1-8H2. The zero-order chi connectivity index (χ0) is 8.23. The Kier molecular flexibility index (Phi) is 2.98. The molecule has 2 heterocycles. The van der Waals surface area contributed by atoms with Gasteiger partial charge in [-0.3, -0.25) is 4.90 Å². The summed E-state index contributed by atoms with van der Waals surface area (Å²) in [6.45, 7) is 7.31. The molecule has 2 fully saturated rings. The number of fused-ring (bicyclic) bond motifs is 1. The van der Waals surface area contributed by atoms with Crippen LogP contribution in [0.25, 0.3) is 0 Å². The molecule has 1 atom stereocenters. The molecule has 1 unspecified atom stereocenters. The Hall–Kier alpha value is -0.120. The summed E-state index contributed by atoms with van der Waals surface area (Å²) in [5.41, 5.74) is 0. The summed E-state index contributed by atoms with van der Waals surface area (Å²) in [5.74, 6) is 0. The summed E-state index contributed by atoms with van der Waals surface area (Å²) in [5, 5.41) is 6.96. The molecule has 2 N–H and O–H groups in total. The van der Waals surface area contributed by atoms with Gasteiger partial charge in [-0.2, -0.15) is 0 Å². The monoisotopic (exact) mass is 169 g/mol. The molecule has 12 heavy (non-hydrogen) atoms. The Balaban J connectivity index is 1.94. The Morgan fingerprint density at radius 3 is 3.00 bits per heavy atom. The number of nitrogens with zero attached hydrogens (tertiary/aromatic N) is 1. The lowest BCUT2D eigenvalue weighted by molar-refractivity contribution is 0.220. The van der Waals surface area contributed by atoms with Crippen molar-refractivity contribution in [3.63, 3.8) is 0 Å². The van der Waals surface area contributed by atoms with Gasteiger partial charge in [0, 0.05) is 25.7 Å². The minimum Gasteiger partial charge on any atom is -0.315 e. The molecule has 0 bridgehead atoms. The molecule has 2 saturated heterocycles. The van der Waals surface area contributed by atoms with Crippen LogP contribution in [0.4, 0.5) is 0 Å². The largest absolute Gasteiger partial charge is 0.315 e. The third-order valence-corrected chi connectivity index (χ3v) is 2.93. The van der Waals surface area contributed by atoms with Gasteiger partial charge < -0.3 is 10.6 Å². The van der Waals surface area contributed by atoms with Gasteiger partial charge in [-0.1, -0.05) is 0 Å². The van der Waals surface area contributed by atoms with Crippen LogP contribution in [-0.2, 0) is 0 Å². The van der Waals surface area contributed by atoms with Crippen LogP contribution in [0.2, 0.25) is 0 Å². The SMILES string of the molecule is C1CNCC2CCNCCN2C1. The highest BCUT2D eigenvalue weighted by molar-refractivity contribution is 4.81. The maximum Gasteiger partial charge on any atom is 0.0233 e. The van der Waals surface area contributed by atoms with Crippen molar-refractivity contribution in [3.8, 4) is 0 Å². The second-order valence-electron chi connectivity index (χ2n) is 3.79. The van der Waals surface area contributed by atoms with E-state index in [9.17, 15) is 0 Å². The van der Waals surface area contributed by atoms with E-state index in [1.54, 1.807) is 0 Å². The van der Waals surface area contributed by atoms with Crippen molar-refractivity contribution >= 4 is 0 Å². The average molecular weight is 169 g/mol. The van der Waals surface area contributed by atoms with Gasteiger partial charge in [-0.05, 0) is 32.5 Å². The molecule has 0 saturated carbocycles. The van der Waals surface area contributed by atoms with Crippen molar-refractivity contribution in [2.75, 3.05) is 39.3 Å². The first-order valence-electron chi connectivity index (χ1n) is 5.12. The highest BCUT2D eigenvalue weighted by atomic mass is 15.2. The smallest absolute Gasteiger partial charge is 0.0233 e. The number of hydrogen-bond donors (Lipinski definition) is 2. The summed E-state index contributed by atoms with van der Waals surface area (Å²) in [7, 11) is 0. The van der Waals surface area contributed by atoms with Gasteiger partial charge in [0.2, 0.25) is 0 Å². The van der Waals surface area contributed by atoms with Gasteiger partial charge in [0.1, 0.15) is 0 Å². The Bertz CT molecular complexity index is 110. The van der Waals surface area contributed by atoms with Crippen LogP contribution in [0.3, 0.4) is 0 Å². The molecule has 0 aromatic rings. The first kappa shape index (κ1) is 8.48. The number of hydrogen-bond acceptors (Lipinski definition) is 3. The normalized spacial score (nSPS) is 33.5. The Labute approximate surface area is 74.5 Å². The van der Waals surface area contributed by atoms with Crippen LogP contribution >= 0.6 is 0 Å². The molecule has 70 valence electrons. The molecule has 0 amide bonds. The zero-order valence-electron chi connectivity index (χ0n) is 7.68. The van der Waals surface area contributed by atoms with E-state index in [0.29, 0.717) is 0 Å². The van der Waals surface area contributed by atoms with E-state index < -0.39 is 0 Å². The zero-order valence-corrected chi connectivity index (χ0v) is 7.68. The maximum absolute atomic E-state index is 3.50. The third kappa shape index (κ3) is 1.97. The fraction of sp³-hybridized carbons (Fsp3) is 1.00. The maximum atomic E-state index is 3.50. The van der Waals surface area contributed by atoms with Crippen molar-refractivity contribution < 1.29 is 0 Å². The van der Waals surface area contributed by atoms with Gasteiger partial charge in [0.15, 0.2) is 0 Å². The summed E-state index contributed by atoms with van der Waals surface area (Å²) < 4.78 is 0. The molecule has 0 aromatic heterocycles. The van der Waals surface area contributed by atoms with Gasteiger partial charge in [0.05, 0.1) is 0 Å². The minimum absolute atomic E-state index is 0.794. The summed E-state index contributed by atoms with van der Waals surface area (Å²) in [6, 6.07) is 0.794. The van der Waals surface area contributed by atoms with Crippen LogP contribution in [0.1, 0.15) is 12.8 Å². The summed E-state index contributed by atoms with van der Waals surface area (Å²) >= 11 is 0. The fourth-order valence-corrected chi connectivity index (χ4v) is 2.18. The van der Waals surface area contributed by atoms with Crippen LogP contribution in [0.5, 0.6) is 0 Å². The number of nitrogens with one attached hydrogen (secondary N) is 2. The second-order valence-corrected chi connectivity index (χ2v) is 3.79. The van der Waals surface area contributed by atoms with Gasteiger partial charge in [-0.15, -0.1) is 0 Å². The minimum atomic E-state index is 0.794. The molecule has 2 aliphatic heterocycles. The molecular formula is C9H19N3. The number of rotatable bonds is 0. The van der Waals surface area contributed by atoms with E-state index in [1.807, 2.05) is 0 Å². The molecule has 0 aliphatic carbocycles. The first-order chi connectivity index (χ1) is 5.97. The lowest BCUT2D eigenvalue weighted by Gasteiger charge is -2.26. The van der Waals surface area contributed by atoms with Crippen molar-refractivity contribution in [3.05, 3.63) is 0 Å². The molecule has 3 heteroatoms. The third-order valence-electron chi connectivity index (χ3n) is 2.93. The van der Waals surface area contributed by atoms with Crippen LogP contribution in [0.15, 0.2) is 0 Å². The predicted octanol–water partition coefficient (Wildman–Crippen LogP) is -0.356. The van der Waals surface area contributed by atoms with E-state index in [0.717, 1.165) is 6.04 Å². The second kappa shape index (κ2) is 4.21. The fourth-order valence-electron chi connectivity index (χ4n) is 2.18. The van der Waals surface area contributed by atoms with E-state index in [-0.39, 0.29) is 0 Å². The average Bonchev–Trinajstić information content (AvgIpc) is 2.38. The Morgan fingerprint density at radius 1 is 1.00 bits per heavy atom. The molecule has 0 spiro atoms. The topological polar surface area (TPSA) is 27.3 Å². The van der Waals surface area contributed by atoms with Crippen LogP contribution in [0, 0.1) is 0 Å². The summed E-state index contributed by atoms with van der Waals surface area (Å²) in [6.07, 6.45) is 2.63. The quantitative estimate of drug-likeness (QED) is 0.519. The lowest BCUT2D eigenvalue weighted by Crippen LogP contribution is -2.39. The van der Waals surface area contributed by atoms with Crippen molar-refractivity contribution in [2.24, 2.45) is 0 Å². The molecular weight excluding hydrogens is 150 g/mol. The van der Waals surface area contributed by atoms with Crippen molar-refractivity contribution in [1.29, 1.82) is 0 Å². The predicted molar refractivity (Wildman–Crippen MR) is 50.3 cm³/mol. The molecule has 2 aliphatic rings. The van der Waals surface area contributed by atoms with E-state index in [2.05, 4.69) is 15.5 Å². The summed E-state index contributed by atoms with van der Waals surface area (Å²) in [4.78, 5) is 2.64. The van der Waals surface area contributed by atoms with Crippen molar-refractivity contribution in [2.45, 2.75) is 18.9 Å².